The van der Waals surface area contributed by atoms with Crippen LogP contribution >= 0.6 is 0 Å². The molecule has 1 unspecified atom stereocenters. The van der Waals surface area contributed by atoms with Gasteiger partial charge in [0.05, 0.1) is 12.7 Å². The van der Waals surface area contributed by atoms with Crippen LogP contribution in [0.25, 0.3) is 0 Å². The van der Waals surface area contributed by atoms with Crippen molar-refractivity contribution in [3.05, 3.63) is 35.1 Å². The van der Waals surface area contributed by atoms with Gasteiger partial charge in [-0.05, 0) is 44.0 Å². The SMILES string of the molecule is COC(=O)c1ccc(CN2CCCCCC2C)cc1F. The molecule has 0 bridgehead atoms. The minimum atomic E-state index is -0.628. The van der Waals surface area contributed by atoms with Crippen LogP contribution in [0.1, 0.15) is 48.5 Å². The van der Waals surface area contributed by atoms with Crippen molar-refractivity contribution in [2.24, 2.45) is 0 Å². The molecule has 0 saturated carbocycles. The maximum Gasteiger partial charge on any atom is 0.340 e. The highest BCUT2D eigenvalue weighted by atomic mass is 19.1. The Balaban J connectivity index is 2.09. The second kappa shape index (κ2) is 6.84. The minimum absolute atomic E-state index is 0.000153. The number of likely N-dealkylation sites (tertiary alicyclic amines) is 1. The molecule has 1 saturated heterocycles. The van der Waals surface area contributed by atoms with Gasteiger partial charge in [0, 0.05) is 12.6 Å². The summed E-state index contributed by atoms with van der Waals surface area (Å²) >= 11 is 0. The average molecular weight is 279 g/mol. The number of nitrogens with zero attached hydrogens (tertiary/aromatic N) is 1. The second-order valence-electron chi connectivity index (χ2n) is 5.47. The van der Waals surface area contributed by atoms with E-state index in [1.54, 1.807) is 0 Å². The minimum Gasteiger partial charge on any atom is -0.465 e. The Morgan fingerprint density at radius 3 is 2.90 bits per heavy atom. The molecule has 0 N–H and O–H groups in total. The number of methoxy groups -OCH3 is 1. The quantitative estimate of drug-likeness (QED) is 0.794. The van der Waals surface area contributed by atoms with Crippen molar-refractivity contribution < 1.29 is 13.9 Å². The summed E-state index contributed by atoms with van der Waals surface area (Å²) in [4.78, 5) is 13.7. The number of halogens is 1. The molecule has 0 amide bonds. The fraction of sp³-hybridized carbons (Fsp3) is 0.562. The van der Waals surface area contributed by atoms with Gasteiger partial charge in [-0.15, -0.1) is 0 Å². The van der Waals surface area contributed by atoms with Crippen molar-refractivity contribution in [2.75, 3.05) is 13.7 Å². The van der Waals surface area contributed by atoms with Crippen molar-refractivity contribution in [1.82, 2.24) is 4.90 Å². The van der Waals surface area contributed by atoms with E-state index in [1.807, 2.05) is 6.07 Å². The monoisotopic (exact) mass is 279 g/mol. The normalized spacial score (nSPS) is 20.4. The lowest BCUT2D eigenvalue weighted by molar-refractivity contribution is 0.0595. The highest BCUT2D eigenvalue weighted by Gasteiger charge is 2.18. The zero-order chi connectivity index (χ0) is 14.5. The molecule has 1 aliphatic rings. The third-order valence-corrected chi connectivity index (χ3v) is 4.02. The Morgan fingerprint density at radius 2 is 2.20 bits per heavy atom. The number of ether oxygens (including phenoxy) is 1. The Morgan fingerprint density at radius 1 is 1.40 bits per heavy atom. The zero-order valence-electron chi connectivity index (χ0n) is 12.2. The van der Waals surface area contributed by atoms with Crippen LogP contribution < -0.4 is 0 Å². The number of benzene rings is 1. The van der Waals surface area contributed by atoms with Gasteiger partial charge in [0.25, 0.3) is 0 Å². The van der Waals surface area contributed by atoms with Crippen LogP contribution in [0.3, 0.4) is 0 Å². The molecule has 1 aliphatic heterocycles. The molecule has 0 aliphatic carbocycles. The van der Waals surface area contributed by atoms with Crippen LogP contribution in [0.5, 0.6) is 0 Å². The van der Waals surface area contributed by atoms with E-state index in [-0.39, 0.29) is 5.56 Å². The summed E-state index contributed by atoms with van der Waals surface area (Å²) in [6.45, 7) is 4.02. The lowest BCUT2D eigenvalue weighted by Crippen LogP contribution is -2.32. The predicted molar refractivity (Wildman–Crippen MR) is 76.1 cm³/mol. The van der Waals surface area contributed by atoms with Crippen molar-refractivity contribution in [1.29, 1.82) is 0 Å². The van der Waals surface area contributed by atoms with Crippen LogP contribution in [-0.4, -0.2) is 30.6 Å². The summed E-state index contributed by atoms with van der Waals surface area (Å²) in [5, 5.41) is 0. The number of hydrogen-bond donors (Lipinski definition) is 0. The van der Waals surface area contributed by atoms with E-state index >= 15 is 0 Å². The van der Waals surface area contributed by atoms with E-state index in [0.29, 0.717) is 6.04 Å². The first kappa shape index (κ1) is 15.0. The van der Waals surface area contributed by atoms with Gasteiger partial charge in [-0.1, -0.05) is 18.9 Å². The zero-order valence-corrected chi connectivity index (χ0v) is 12.2. The maximum atomic E-state index is 13.9. The fourth-order valence-corrected chi connectivity index (χ4v) is 2.74. The molecule has 1 atom stereocenters. The second-order valence-corrected chi connectivity index (χ2v) is 5.47. The molecule has 1 fully saturated rings. The van der Waals surface area contributed by atoms with Gasteiger partial charge in [0.15, 0.2) is 0 Å². The van der Waals surface area contributed by atoms with Crippen molar-refractivity contribution in [2.45, 2.75) is 45.2 Å². The summed E-state index contributed by atoms with van der Waals surface area (Å²) < 4.78 is 18.5. The average Bonchev–Trinajstić information content (AvgIpc) is 2.64. The number of carbonyl (C=O) groups is 1. The molecule has 0 spiro atoms. The van der Waals surface area contributed by atoms with Crippen LogP contribution in [0.15, 0.2) is 18.2 Å². The molecule has 110 valence electrons. The van der Waals surface area contributed by atoms with Gasteiger partial charge in [-0.25, -0.2) is 9.18 Å². The van der Waals surface area contributed by atoms with Crippen molar-refractivity contribution in [3.8, 4) is 0 Å². The summed E-state index contributed by atoms with van der Waals surface area (Å²) in [6, 6.07) is 5.30. The van der Waals surface area contributed by atoms with E-state index in [0.717, 1.165) is 18.7 Å². The third kappa shape index (κ3) is 3.57. The van der Waals surface area contributed by atoms with E-state index in [9.17, 15) is 9.18 Å². The molecule has 1 heterocycles. The first-order valence-corrected chi connectivity index (χ1v) is 7.22. The van der Waals surface area contributed by atoms with Crippen molar-refractivity contribution in [3.63, 3.8) is 0 Å². The maximum absolute atomic E-state index is 13.9. The van der Waals surface area contributed by atoms with Gasteiger partial charge in [0.2, 0.25) is 0 Å². The Kier molecular flexibility index (Phi) is 5.12. The molecule has 0 radical (unpaired) electrons. The molecule has 0 aromatic heterocycles. The van der Waals surface area contributed by atoms with Gasteiger partial charge in [0.1, 0.15) is 5.82 Å². The van der Waals surface area contributed by atoms with Gasteiger partial charge in [-0.2, -0.15) is 0 Å². The summed E-state index contributed by atoms with van der Waals surface area (Å²) in [5.74, 6) is -1.13. The fourth-order valence-electron chi connectivity index (χ4n) is 2.74. The van der Waals surface area contributed by atoms with Crippen LogP contribution in [0.2, 0.25) is 0 Å². The molecular formula is C16H22FNO2. The lowest BCUT2D eigenvalue weighted by Gasteiger charge is -2.27. The molecular weight excluding hydrogens is 257 g/mol. The lowest BCUT2D eigenvalue weighted by atomic mass is 10.1. The summed E-state index contributed by atoms with van der Waals surface area (Å²) in [7, 11) is 1.26. The van der Waals surface area contributed by atoms with Crippen LogP contribution in [0, 0.1) is 5.82 Å². The predicted octanol–water partition coefficient (Wildman–Crippen LogP) is 3.38. The Bertz CT molecular complexity index is 476. The molecule has 20 heavy (non-hydrogen) atoms. The molecule has 3 nitrogen and oxygen atoms in total. The largest absolute Gasteiger partial charge is 0.465 e. The molecule has 1 aromatic carbocycles. The topological polar surface area (TPSA) is 29.5 Å². The summed E-state index contributed by atoms with van der Waals surface area (Å²) in [6.07, 6.45) is 4.94. The first-order valence-electron chi connectivity index (χ1n) is 7.22. The van der Waals surface area contributed by atoms with Gasteiger partial charge >= 0.3 is 5.97 Å². The van der Waals surface area contributed by atoms with E-state index in [2.05, 4.69) is 16.6 Å². The number of rotatable bonds is 3. The van der Waals surface area contributed by atoms with Gasteiger partial charge < -0.3 is 4.74 Å². The smallest absolute Gasteiger partial charge is 0.340 e. The number of esters is 1. The Labute approximate surface area is 119 Å². The molecule has 2 rings (SSSR count). The van der Waals surface area contributed by atoms with Gasteiger partial charge in [-0.3, -0.25) is 4.90 Å². The Hall–Kier alpha value is -1.42. The van der Waals surface area contributed by atoms with Crippen LogP contribution in [-0.2, 0) is 11.3 Å². The molecule has 1 aromatic rings. The first-order chi connectivity index (χ1) is 9.61. The summed E-state index contributed by atoms with van der Waals surface area (Å²) in [5.41, 5.74) is 0.907. The number of carbonyl (C=O) groups excluding carboxylic acids is 1. The highest BCUT2D eigenvalue weighted by Crippen LogP contribution is 2.20. The van der Waals surface area contributed by atoms with E-state index in [4.69, 9.17) is 0 Å². The van der Waals surface area contributed by atoms with Crippen LogP contribution in [0.4, 0.5) is 4.39 Å². The van der Waals surface area contributed by atoms with E-state index < -0.39 is 11.8 Å². The highest BCUT2D eigenvalue weighted by molar-refractivity contribution is 5.89. The van der Waals surface area contributed by atoms with Crippen molar-refractivity contribution >= 4 is 5.97 Å². The van der Waals surface area contributed by atoms with E-state index in [1.165, 1.54) is 44.9 Å². The third-order valence-electron chi connectivity index (χ3n) is 4.02. The molecule has 4 heteroatoms. The number of hydrogen-bond acceptors (Lipinski definition) is 3. The standard InChI is InChI=1S/C16H22FNO2/c1-12-6-4-3-5-9-18(12)11-13-7-8-14(15(17)10-13)16(19)20-2/h7-8,10,12H,3-6,9,11H2,1-2H3.